The maximum Gasteiger partial charge on any atom is 0.320 e. The Kier molecular flexibility index (Phi) is 3.88. The van der Waals surface area contributed by atoms with Crippen molar-refractivity contribution in [2.75, 3.05) is 0 Å². The van der Waals surface area contributed by atoms with Crippen molar-refractivity contribution < 1.29 is 9.90 Å². The van der Waals surface area contributed by atoms with Gasteiger partial charge in [0.1, 0.15) is 6.04 Å². The summed E-state index contributed by atoms with van der Waals surface area (Å²) in [5.41, 5.74) is 8.64. The molecule has 82 valence electrons. The van der Waals surface area contributed by atoms with Gasteiger partial charge in [-0.2, -0.15) is 0 Å². The molecule has 0 amide bonds. The van der Waals surface area contributed by atoms with Gasteiger partial charge in [-0.05, 0) is 37.0 Å². The fourth-order valence-electron chi connectivity index (χ4n) is 1.39. The van der Waals surface area contributed by atoms with Crippen molar-refractivity contribution in [2.24, 2.45) is 5.73 Å². The van der Waals surface area contributed by atoms with Crippen LogP contribution in [0.5, 0.6) is 0 Å². The third-order valence-electron chi connectivity index (χ3n) is 2.41. The molecule has 0 aromatic heterocycles. The lowest BCUT2D eigenvalue weighted by Crippen LogP contribution is -2.32. The van der Waals surface area contributed by atoms with Crippen LogP contribution in [0, 0.1) is 13.8 Å². The maximum atomic E-state index is 10.7. The smallest absolute Gasteiger partial charge is 0.320 e. The zero-order valence-corrected chi connectivity index (χ0v) is 10.3. The minimum absolute atomic E-state index is 0.351. The molecule has 3 nitrogen and oxygen atoms in total. The van der Waals surface area contributed by atoms with E-state index in [-0.39, 0.29) is 0 Å². The molecule has 15 heavy (non-hydrogen) atoms. The Hall–Kier alpha value is -0.870. The predicted octanol–water partition coefficient (Wildman–Crippen LogP) is 2.02. The summed E-state index contributed by atoms with van der Waals surface area (Å²) >= 11 is 3.46. The molecule has 3 N–H and O–H groups in total. The van der Waals surface area contributed by atoms with Crippen LogP contribution in [0.15, 0.2) is 16.6 Å². The van der Waals surface area contributed by atoms with E-state index in [2.05, 4.69) is 15.9 Å². The molecule has 0 bridgehead atoms. The molecule has 1 aromatic carbocycles. The molecule has 0 heterocycles. The lowest BCUT2D eigenvalue weighted by Gasteiger charge is -2.13. The predicted molar refractivity (Wildman–Crippen MR) is 62.9 cm³/mol. The largest absolute Gasteiger partial charge is 0.480 e. The number of hydrogen-bond donors (Lipinski definition) is 2. The lowest BCUT2D eigenvalue weighted by molar-refractivity contribution is -0.138. The average molecular weight is 272 g/mol. The zero-order valence-electron chi connectivity index (χ0n) is 8.75. The number of carbonyl (C=O) groups is 1. The quantitative estimate of drug-likeness (QED) is 0.884. The summed E-state index contributed by atoms with van der Waals surface area (Å²) in [5.74, 6) is -0.970. The molecule has 0 aliphatic heterocycles. The van der Waals surface area contributed by atoms with Crippen LogP contribution < -0.4 is 5.73 Å². The van der Waals surface area contributed by atoms with E-state index in [1.165, 1.54) is 0 Å². The molecular weight excluding hydrogens is 258 g/mol. The van der Waals surface area contributed by atoms with Crippen LogP contribution in [0.2, 0.25) is 0 Å². The van der Waals surface area contributed by atoms with Crippen molar-refractivity contribution in [1.29, 1.82) is 0 Å². The van der Waals surface area contributed by atoms with E-state index in [1.807, 2.05) is 26.0 Å². The fraction of sp³-hybridized carbons (Fsp3) is 0.364. The number of aliphatic carboxylic acids is 1. The van der Waals surface area contributed by atoms with Crippen molar-refractivity contribution in [2.45, 2.75) is 26.3 Å². The summed E-state index contributed by atoms with van der Waals surface area (Å²) in [6.45, 7) is 3.92. The molecule has 0 radical (unpaired) electrons. The monoisotopic (exact) mass is 271 g/mol. The van der Waals surface area contributed by atoms with Gasteiger partial charge in [0.05, 0.1) is 0 Å². The second-order valence-electron chi connectivity index (χ2n) is 3.64. The highest BCUT2D eigenvalue weighted by atomic mass is 79.9. The molecule has 1 aromatic rings. The van der Waals surface area contributed by atoms with Crippen molar-refractivity contribution in [3.05, 3.63) is 33.3 Å². The summed E-state index contributed by atoms with van der Waals surface area (Å²) in [4.78, 5) is 10.7. The van der Waals surface area contributed by atoms with Gasteiger partial charge in [0, 0.05) is 4.47 Å². The van der Waals surface area contributed by atoms with E-state index in [0.29, 0.717) is 6.42 Å². The van der Waals surface area contributed by atoms with Gasteiger partial charge in [-0.25, -0.2) is 0 Å². The van der Waals surface area contributed by atoms with Crippen LogP contribution >= 0.6 is 15.9 Å². The summed E-state index contributed by atoms with van der Waals surface area (Å²) in [5, 5.41) is 8.75. The van der Waals surface area contributed by atoms with Gasteiger partial charge in [0.2, 0.25) is 0 Å². The number of rotatable bonds is 3. The van der Waals surface area contributed by atoms with E-state index in [0.717, 1.165) is 21.2 Å². The van der Waals surface area contributed by atoms with Crippen molar-refractivity contribution in [1.82, 2.24) is 0 Å². The average Bonchev–Trinajstić information content (AvgIpc) is 2.18. The Morgan fingerprint density at radius 1 is 1.47 bits per heavy atom. The first-order chi connectivity index (χ1) is 6.93. The summed E-state index contributed by atoms with van der Waals surface area (Å²) in [6, 6.07) is 3.13. The van der Waals surface area contributed by atoms with Crippen LogP contribution in [0.3, 0.4) is 0 Å². The van der Waals surface area contributed by atoms with Crippen LogP contribution in [0.1, 0.15) is 16.7 Å². The molecular formula is C11H14BrNO2. The molecule has 4 heteroatoms. The highest BCUT2D eigenvalue weighted by molar-refractivity contribution is 9.10. The van der Waals surface area contributed by atoms with Gasteiger partial charge in [-0.1, -0.05) is 28.1 Å². The van der Waals surface area contributed by atoms with Crippen molar-refractivity contribution >= 4 is 21.9 Å². The number of carboxylic acid groups (broad SMARTS) is 1. The molecule has 0 aliphatic rings. The molecule has 0 spiro atoms. The van der Waals surface area contributed by atoms with Gasteiger partial charge in [0.15, 0.2) is 0 Å². The van der Waals surface area contributed by atoms with Crippen LogP contribution in [0.4, 0.5) is 0 Å². The van der Waals surface area contributed by atoms with Gasteiger partial charge in [-0.3, -0.25) is 4.79 Å². The first kappa shape index (κ1) is 12.2. The molecule has 1 atom stereocenters. The highest BCUT2D eigenvalue weighted by Gasteiger charge is 2.16. The number of nitrogens with two attached hydrogens (primary N) is 1. The lowest BCUT2D eigenvalue weighted by atomic mass is 9.99. The SMILES string of the molecule is Cc1ccc(C)c(CC(N)C(=O)O)c1Br. The molecule has 0 saturated carbocycles. The topological polar surface area (TPSA) is 63.3 Å². The molecule has 1 rings (SSSR count). The second kappa shape index (κ2) is 4.77. The van der Waals surface area contributed by atoms with Gasteiger partial charge in [0.25, 0.3) is 0 Å². The Morgan fingerprint density at radius 3 is 2.53 bits per heavy atom. The number of halogens is 1. The standard InChI is InChI=1S/C11H14BrNO2/c1-6-3-4-7(2)10(12)8(6)5-9(13)11(14)15/h3-4,9H,5,13H2,1-2H3,(H,14,15). The van der Waals surface area contributed by atoms with Crippen LogP contribution in [-0.4, -0.2) is 17.1 Å². The van der Waals surface area contributed by atoms with Crippen molar-refractivity contribution in [3.8, 4) is 0 Å². The first-order valence-electron chi connectivity index (χ1n) is 4.66. The third-order valence-corrected chi connectivity index (χ3v) is 3.52. The van der Waals surface area contributed by atoms with E-state index in [1.54, 1.807) is 0 Å². The zero-order chi connectivity index (χ0) is 11.6. The summed E-state index contributed by atoms with van der Waals surface area (Å²) in [6.07, 6.45) is 0.351. The Bertz CT molecular complexity index is 390. The van der Waals surface area contributed by atoms with Gasteiger partial charge < -0.3 is 10.8 Å². The summed E-state index contributed by atoms with van der Waals surface area (Å²) < 4.78 is 0.958. The first-order valence-corrected chi connectivity index (χ1v) is 5.45. The number of benzene rings is 1. The highest BCUT2D eigenvalue weighted by Crippen LogP contribution is 2.25. The Balaban J connectivity index is 3.03. The summed E-state index contributed by atoms with van der Waals surface area (Å²) in [7, 11) is 0. The number of aryl methyl sites for hydroxylation is 2. The molecule has 1 unspecified atom stereocenters. The molecule has 0 saturated heterocycles. The van der Waals surface area contributed by atoms with Crippen LogP contribution in [-0.2, 0) is 11.2 Å². The van der Waals surface area contributed by atoms with E-state index in [4.69, 9.17) is 10.8 Å². The van der Waals surface area contributed by atoms with E-state index < -0.39 is 12.0 Å². The number of carboxylic acids is 1. The minimum atomic E-state index is -0.970. The second-order valence-corrected chi connectivity index (χ2v) is 4.43. The van der Waals surface area contributed by atoms with Gasteiger partial charge in [-0.15, -0.1) is 0 Å². The number of hydrogen-bond acceptors (Lipinski definition) is 2. The van der Waals surface area contributed by atoms with E-state index in [9.17, 15) is 4.79 Å². The fourth-order valence-corrected chi connectivity index (χ4v) is 2.00. The molecule has 0 fully saturated rings. The molecule has 0 aliphatic carbocycles. The van der Waals surface area contributed by atoms with E-state index >= 15 is 0 Å². The van der Waals surface area contributed by atoms with Gasteiger partial charge >= 0.3 is 5.97 Å². The normalized spacial score (nSPS) is 12.5. The Morgan fingerprint density at radius 2 is 2.00 bits per heavy atom. The maximum absolute atomic E-state index is 10.7. The minimum Gasteiger partial charge on any atom is -0.480 e. The third kappa shape index (κ3) is 2.79. The van der Waals surface area contributed by atoms with Crippen molar-refractivity contribution in [3.63, 3.8) is 0 Å². The van der Waals surface area contributed by atoms with Crippen LogP contribution in [0.25, 0.3) is 0 Å². The Labute approximate surface area is 97.4 Å².